The van der Waals surface area contributed by atoms with Crippen molar-refractivity contribution >= 4 is 27.5 Å². The molecule has 0 spiro atoms. The van der Waals surface area contributed by atoms with Crippen molar-refractivity contribution in [2.45, 2.75) is 6.92 Å². The number of anilines is 1. The fourth-order valence-corrected chi connectivity index (χ4v) is 1.83. The molecule has 0 atom stereocenters. The second-order valence-corrected chi connectivity index (χ2v) is 4.65. The van der Waals surface area contributed by atoms with Gasteiger partial charge in [0.1, 0.15) is 5.82 Å². The minimum atomic E-state index is -0.539. The van der Waals surface area contributed by atoms with Crippen molar-refractivity contribution in [1.82, 2.24) is 4.98 Å². The molecule has 0 saturated carbocycles. The summed E-state index contributed by atoms with van der Waals surface area (Å²) in [4.78, 5) is 15.8. The van der Waals surface area contributed by atoms with E-state index in [1.807, 2.05) is 0 Å². The molecule has 0 radical (unpaired) electrons. The van der Waals surface area contributed by atoms with Crippen molar-refractivity contribution in [2.24, 2.45) is 0 Å². The number of amides is 1. The summed E-state index contributed by atoms with van der Waals surface area (Å²) in [5, 5.41) is 2.63. The van der Waals surface area contributed by atoms with Crippen LogP contribution in [0.1, 0.15) is 15.9 Å². The maximum atomic E-state index is 13.5. The Balaban J connectivity index is 2.28. The molecule has 1 aromatic heterocycles. The van der Waals surface area contributed by atoms with Gasteiger partial charge in [-0.1, -0.05) is 11.6 Å². The first-order chi connectivity index (χ1) is 8.58. The van der Waals surface area contributed by atoms with Gasteiger partial charge in [0.05, 0.1) is 15.7 Å². The highest BCUT2D eigenvalue weighted by Crippen LogP contribution is 2.21. The van der Waals surface area contributed by atoms with Crippen LogP contribution in [0.4, 0.5) is 10.1 Å². The van der Waals surface area contributed by atoms with Gasteiger partial charge in [-0.25, -0.2) is 4.39 Å². The molecule has 0 fully saturated rings. The summed E-state index contributed by atoms with van der Waals surface area (Å²) in [6, 6.07) is 6.05. The summed E-state index contributed by atoms with van der Waals surface area (Å²) in [6.07, 6.45) is 3.11. The number of nitrogens with zero attached hydrogens (tertiary/aromatic N) is 1. The zero-order chi connectivity index (χ0) is 13.1. The van der Waals surface area contributed by atoms with Crippen LogP contribution in [0.25, 0.3) is 0 Å². The number of carbonyl (C=O) groups excluding carboxylic acids is 1. The van der Waals surface area contributed by atoms with Gasteiger partial charge in [0.15, 0.2) is 0 Å². The van der Waals surface area contributed by atoms with Gasteiger partial charge in [0, 0.05) is 12.4 Å². The van der Waals surface area contributed by atoms with Crippen LogP contribution in [0.5, 0.6) is 0 Å². The average molecular weight is 309 g/mol. The predicted molar refractivity (Wildman–Crippen MR) is 71.0 cm³/mol. The van der Waals surface area contributed by atoms with Crippen LogP contribution >= 0.6 is 15.9 Å². The van der Waals surface area contributed by atoms with E-state index in [1.54, 1.807) is 31.5 Å². The van der Waals surface area contributed by atoms with Gasteiger partial charge in [-0.05, 0) is 41.1 Å². The maximum absolute atomic E-state index is 13.5. The number of hydrogen-bond acceptors (Lipinski definition) is 2. The highest BCUT2D eigenvalue weighted by molar-refractivity contribution is 9.10. The van der Waals surface area contributed by atoms with E-state index in [1.165, 1.54) is 12.1 Å². The first kappa shape index (κ1) is 12.7. The molecule has 1 amide bonds. The van der Waals surface area contributed by atoms with Crippen LogP contribution in [-0.2, 0) is 0 Å². The largest absolute Gasteiger partial charge is 0.321 e. The standard InChI is InChI=1S/C13H10BrFN2O/c1-8-2-3-11(15)9(6-8)13(18)17-12-4-5-16-7-10(12)14/h2-7H,1H3,(H,16,17,18). The Labute approximate surface area is 112 Å². The molecule has 3 nitrogen and oxygen atoms in total. The van der Waals surface area contributed by atoms with Crippen molar-refractivity contribution < 1.29 is 9.18 Å². The maximum Gasteiger partial charge on any atom is 0.258 e. The SMILES string of the molecule is Cc1ccc(F)c(C(=O)Nc2ccncc2Br)c1. The fraction of sp³-hybridized carbons (Fsp3) is 0.0769. The van der Waals surface area contributed by atoms with Gasteiger partial charge >= 0.3 is 0 Å². The Morgan fingerprint density at radius 3 is 2.89 bits per heavy atom. The monoisotopic (exact) mass is 308 g/mol. The number of pyridine rings is 1. The molecular weight excluding hydrogens is 299 g/mol. The molecule has 92 valence electrons. The zero-order valence-corrected chi connectivity index (χ0v) is 11.2. The molecule has 0 aliphatic rings. The number of aromatic nitrogens is 1. The molecule has 0 aliphatic carbocycles. The zero-order valence-electron chi connectivity index (χ0n) is 9.58. The molecule has 1 heterocycles. The van der Waals surface area contributed by atoms with E-state index >= 15 is 0 Å². The molecule has 5 heteroatoms. The Morgan fingerprint density at radius 1 is 1.39 bits per heavy atom. The van der Waals surface area contributed by atoms with Crippen LogP contribution in [0.15, 0.2) is 41.1 Å². The lowest BCUT2D eigenvalue weighted by atomic mass is 10.1. The Bertz CT molecular complexity index is 601. The van der Waals surface area contributed by atoms with Crippen molar-refractivity contribution in [3.8, 4) is 0 Å². The number of nitrogens with one attached hydrogen (secondary N) is 1. The van der Waals surface area contributed by atoms with E-state index in [-0.39, 0.29) is 5.56 Å². The minimum absolute atomic E-state index is 0.0266. The van der Waals surface area contributed by atoms with Gasteiger partial charge < -0.3 is 5.32 Å². The molecule has 18 heavy (non-hydrogen) atoms. The molecule has 2 rings (SSSR count). The lowest BCUT2D eigenvalue weighted by molar-refractivity contribution is 0.102. The van der Waals surface area contributed by atoms with Crippen LogP contribution in [0.2, 0.25) is 0 Å². The predicted octanol–water partition coefficient (Wildman–Crippen LogP) is 3.54. The minimum Gasteiger partial charge on any atom is -0.321 e. The lowest BCUT2D eigenvalue weighted by Crippen LogP contribution is -2.14. The molecule has 2 aromatic rings. The lowest BCUT2D eigenvalue weighted by Gasteiger charge is -2.08. The Morgan fingerprint density at radius 2 is 2.17 bits per heavy atom. The van der Waals surface area contributed by atoms with E-state index in [2.05, 4.69) is 26.2 Å². The van der Waals surface area contributed by atoms with Gasteiger partial charge in [0.25, 0.3) is 5.91 Å². The van der Waals surface area contributed by atoms with Crippen LogP contribution < -0.4 is 5.32 Å². The number of halogens is 2. The van der Waals surface area contributed by atoms with Crippen LogP contribution in [-0.4, -0.2) is 10.9 Å². The second-order valence-electron chi connectivity index (χ2n) is 3.79. The van der Waals surface area contributed by atoms with Crippen molar-refractivity contribution in [3.63, 3.8) is 0 Å². The van der Waals surface area contributed by atoms with Crippen molar-refractivity contribution in [1.29, 1.82) is 0 Å². The summed E-state index contributed by atoms with van der Waals surface area (Å²) in [6.45, 7) is 1.80. The molecular formula is C13H10BrFN2O. The Kier molecular flexibility index (Phi) is 3.72. The summed E-state index contributed by atoms with van der Waals surface area (Å²) >= 11 is 3.26. The molecule has 0 unspecified atom stereocenters. The summed E-state index contributed by atoms with van der Waals surface area (Å²) in [5.41, 5.74) is 1.41. The average Bonchev–Trinajstić information content (AvgIpc) is 2.35. The molecule has 0 bridgehead atoms. The number of rotatable bonds is 2. The second kappa shape index (κ2) is 5.27. The van der Waals surface area contributed by atoms with E-state index in [0.29, 0.717) is 10.2 Å². The summed E-state index contributed by atoms with van der Waals surface area (Å²) in [7, 11) is 0. The van der Waals surface area contributed by atoms with E-state index < -0.39 is 11.7 Å². The smallest absolute Gasteiger partial charge is 0.258 e. The van der Waals surface area contributed by atoms with Gasteiger partial charge in [-0.15, -0.1) is 0 Å². The van der Waals surface area contributed by atoms with Crippen molar-refractivity contribution in [3.05, 3.63) is 58.1 Å². The number of aryl methyl sites for hydroxylation is 1. The van der Waals surface area contributed by atoms with E-state index in [9.17, 15) is 9.18 Å². The van der Waals surface area contributed by atoms with Crippen molar-refractivity contribution in [2.75, 3.05) is 5.32 Å². The van der Waals surface area contributed by atoms with Gasteiger partial charge in [0.2, 0.25) is 0 Å². The first-order valence-corrected chi connectivity index (χ1v) is 6.04. The third-order valence-corrected chi connectivity index (χ3v) is 3.02. The van der Waals surface area contributed by atoms with E-state index in [0.717, 1.165) is 5.56 Å². The highest BCUT2D eigenvalue weighted by atomic mass is 79.9. The third-order valence-electron chi connectivity index (χ3n) is 2.39. The number of hydrogen-bond donors (Lipinski definition) is 1. The molecule has 0 saturated heterocycles. The highest BCUT2D eigenvalue weighted by Gasteiger charge is 2.13. The Hall–Kier alpha value is -1.75. The van der Waals surface area contributed by atoms with Gasteiger partial charge in [-0.3, -0.25) is 9.78 Å². The third kappa shape index (κ3) is 2.73. The quantitative estimate of drug-likeness (QED) is 0.922. The molecule has 0 aliphatic heterocycles. The number of carbonyl (C=O) groups is 1. The number of benzene rings is 1. The fourth-order valence-electron chi connectivity index (χ4n) is 1.48. The first-order valence-electron chi connectivity index (χ1n) is 5.25. The topological polar surface area (TPSA) is 42.0 Å². The van der Waals surface area contributed by atoms with Gasteiger partial charge in [-0.2, -0.15) is 0 Å². The molecule has 1 aromatic carbocycles. The van der Waals surface area contributed by atoms with Crippen LogP contribution in [0.3, 0.4) is 0 Å². The van der Waals surface area contributed by atoms with E-state index in [4.69, 9.17) is 0 Å². The normalized spacial score (nSPS) is 10.2. The molecule has 1 N–H and O–H groups in total. The van der Waals surface area contributed by atoms with Crippen LogP contribution in [0, 0.1) is 12.7 Å². The summed E-state index contributed by atoms with van der Waals surface area (Å²) < 4.78 is 14.2. The summed E-state index contributed by atoms with van der Waals surface area (Å²) in [5.74, 6) is -1.02.